The first-order valence-corrected chi connectivity index (χ1v) is 9.43. The Kier molecular flexibility index (Phi) is 7.40. The van der Waals surface area contributed by atoms with Gasteiger partial charge >= 0.3 is 0 Å². The molecule has 2 rings (SSSR count). The molecule has 0 atom stereocenters. The van der Waals surface area contributed by atoms with E-state index in [4.69, 9.17) is 3.63 Å². The fourth-order valence-corrected chi connectivity index (χ4v) is 3.65. The summed E-state index contributed by atoms with van der Waals surface area (Å²) in [5.74, 6) is 1.19. The highest BCUT2D eigenvalue weighted by Crippen LogP contribution is 2.32. The van der Waals surface area contributed by atoms with Gasteiger partial charge in [-0.15, -0.1) is 0 Å². The van der Waals surface area contributed by atoms with Crippen molar-refractivity contribution in [2.75, 3.05) is 0 Å². The Bertz CT molecular complexity index is 564. The van der Waals surface area contributed by atoms with Crippen LogP contribution in [0.4, 0.5) is 0 Å². The maximum Gasteiger partial charge on any atom is 0.128 e. The van der Waals surface area contributed by atoms with E-state index in [0.717, 1.165) is 22.9 Å². The average Bonchev–Trinajstić information content (AvgIpc) is 2.49. The predicted molar refractivity (Wildman–Crippen MR) is 98.4 cm³/mol. The molecule has 0 N–H and O–H groups in total. The molecule has 124 valence electrons. The molecule has 0 radical (unpaired) electrons. The van der Waals surface area contributed by atoms with Gasteiger partial charge in [0.05, 0.1) is 24.1 Å². The lowest BCUT2D eigenvalue weighted by atomic mass is 10.1. The topological polar surface area (TPSA) is 35.0 Å². The molecule has 3 nitrogen and oxygen atoms in total. The second kappa shape index (κ2) is 9.30. The van der Waals surface area contributed by atoms with Crippen molar-refractivity contribution in [1.82, 2.24) is 9.97 Å². The van der Waals surface area contributed by atoms with Gasteiger partial charge in [-0.2, -0.15) is 0 Å². The summed E-state index contributed by atoms with van der Waals surface area (Å²) in [5, 5.41) is 1.88. The molecule has 0 saturated carbocycles. The van der Waals surface area contributed by atoms with Crippen LogP contribution in [0.1, 0.15) is 38.8 Å². The van der Waals surface area contributed by atoms with Crippen LogP contribution in [0, 0.1) is 11.8 Å². The summed E-state index contributed by atoms with van der Waals surface area (Å²) in [7, 11) is 0. The van der Waals surface area contributed by atoms with E-state index < -0.39 is 0 Å². The molecule has 2 aromatic heterocycles. The number of pyridine rings is 2. The highest BCUT2D eigenvalue weighted by atomic mass is 32.2. The highest BCUT2D eigenvalue weighted by Gasteiger charge is 2.10. The van der Waals surface area contributed by atoms with Gasteiger partial charge in [0.1, 0.15) is 10.1 Å². The van der Waals surface area contributed by atoms with Gasteiger partial charge < -0.3 is 0 Å². The molecular formula is C18H24N2OS2. The summed E-state index contributed by atoms with van der Waals surface area (Å²) < 4.78 is 5.76. The Morgan fingerprint density at radius 2 is 1.26 bits per heavy atom. The maximum absolute atomic E-state index is 5.76. The molecule has 2 aromatic rings. The summed E-state index contributed by atoms with van der Waals surface area (Å²) in [4.78, 5) is 8.88. The molecule has 0 unspecified atom stereocenters. The molecule has 2 heterocycles. The molecule has 0 bridgehead atoms. The first-order chi connectivity index (χ1) is 11.1. The van der Waals surface area contributed by atoms with E-state index in [0.29, 0.717) is 11.8 Å². The number of nitrogens with zero attached hydrogens (tertiary/aromatic N) is 2. The quantitative estimate of drug-likeness (QED) is 0.580. The molecule has 23 heavy (non-hydrogen) atoms. The van der Waals surface area contributed by atoms with Gasteiger partial charge in [-0.25, -0.2) is 13.6 Å². The SMILES string of the molecule is CC(C)Cc1cccnc1SOSc1ncccc1CC(C)C. The Morgan fingerprint density at radius 1 is 0.826 bits per heavy atom. The molecule has 0 aliphatic carbocycles. The molecule has 0 fully saturated rings. The van der Waals surface area contributed by atoms with Crippen LogP contribution in [0.25, 0.3) is 0 Å². The van der Waals surface area contributed by atoms with Gasteiger partial charge in [-0.3, -0.25) is 0 Å². The van der Waals surface area contributed by atoms with Crippen molar-refractivity contribution in [1.29, 1.82) is 0 Å². The zero-order valence-electron chi connectivity index (χ0n) is 14.2. The van der Waals surface area contributed by atoms with E-state index in [1.165, 1.54) is 35.2 Å². The molecule has 0 aliphatic rings. The van der Waals surface area contributed by atoms with Crippen LogP contribution in [-0.4, -0.2) is 9.97 Å². The van der Waals surface area contributed by atoms with Gasteiger partial charge in [0, 0.05) is 12.4 Å². The van der Waals surface area contributed by atoms with Gasteiger partial charge in [0.25, 0.3) is 0 Å². The Labute approximate surface area is 148 Å². The second-order valence-corrected chi connectivity index (χ2v) is 8.02. The molecule has 0 aliphatic heterocycles. The largest absolute Gasteiger partial charge is 0.247 e. The van der Waals surface area contributed by atoms with Crippen molar-refractivity contribution in [3.05, 3.63) is 47.8 Å². The summed E-state index contributed by atoms with van der Waals surface area (Å²) in [6, 6.07) is 8.20. The number of hydrogen-bond donors (Lipinski definition) is 0. The Hall–Kier alpha value is -1.04. The van der Waals surface area contributed by atoms with Crippen LogP contribution in [0.3, 0.4) is 0 Å². The van der Waals surface area contributed by atoms with Crippen molar-refractivity contribution in [2.24, 2.45) is 11.8 Å². The van der Waals surface area contributed by atoms with E-state index in [1.807, 2.05) is 24.5 Å². The van der Waals surface area contributed by atoms with Gasteiger partial charge in [-0.1, -0.05) is 39.8 Å². The fourth-order valence-electron chi connectivity index (χ4n) is 2.27. The molecule has 0 spiro atoms. The molecular weight excluding hydrogens is 324 g/mol. The van der Waals surface area contributed by atoms with Crippen molar-refractivity contribution < 1.29 is 3.63 Å². The van der Waals surface area contributed by atoms with Crippen LogP contribution in [0.5, 0.6) is 0 Å². The third-order valence-electron chi connectivity index (χ3n) is 3.18. The lowest BCUT2D eigenvalue weighted by molar-refractivity contribution is 0.631. The van der Waals surface area contributed by atoms with Gasteiger partial charge in [-0.05, 0) is 47.9 Å². The van der Waals surface area contributed by atoms with Crippen LogP contribution >= 0.6 is 24.1 Å². The average molecular weight is 349 g/mol. The Balaban J connectivity index is 1.98. The van der Waals surface area contributed by atoms with Crippen molar-refractivity contribution in [3.63, 3.8) is 0 Å². The monoisotopic (exact) mass is 348 g/mol. The first kappa shape index (κ1) is 18.3. The minimum absolute atomic E-state index is 0.597. The second-order valence-electron chi connectivity index (χ2n) is 6.37. The zero-order valence-corrected chi connectivity index (χ0v) is 15.8. The lowest BCUT2D eigenvalue weighted by Crippen LogP contribution is -1.98. The van der Waals surface area contributed by atoms with Gasteiger partial charge in [0.2, 0.25) is 0 Å². The van der Waals surface area contributed by atoms with Crippen LogP contribution in [-0.2, 0) is 16.5 Å². The summed E-state index contributed by atoms with van der Waals surface area (Å²) in [6.07, 6.45) is 5.63. The molecule has 5 heteroatoms. The van der Waals surface area contributed by atoms with E-state index in [1.54, 1.807) is 0 Å². The minimum Gasteiger partial charge on any atom is -0.247 e. The summed E-state index contributed by atoms with van der Waals surface area (Å²) in [5.41, 5.74) is 2.47. The summed E-state index contributed by atoms with van der Waals surface area (Å²) >= 11 is 2.65. The minimum atomic E-state index is 0.597. The third-order valence-corrected chi connectivity index (χ3v) is 4.78. The Morgan fingerprint density at radius 3 is 1.65 bits per heavy atom. The summed E-state index contributed by atoms with van der Waals surface area (Å²) in [6.45, 7) is 8.85. The number of rotatable bonds is 8. The normalized spacial score (nSPS) is 11.4. The lowest BCUT2D eigenvalue weighted by Gasteiger charge is -2.11. The standard InChI is InChI=1S/C18H24N2OS2/c1-13(2)11-15-7-5-9-19-17(15)22-21-23-18-16(12-14(3)4)8-6-10-20-18/h5-10,13-14H,11-12H2,1-4H3. The zero-order chi connectivity index (χ0) is 16.7. The molecule has 0 amide bonds. The van der Waals surface area contributed by atoms with Gasteiger partial charge in [0.15, 0.2) is 0 Å². The molecule has 0 aromatic carbocycles. The number of aromatic nitrogens is 2. The van der Waals surface area contributed by atoms with Crippen molar-refractivity contribution >= 4 is 24.1 Å². The van der Waals surface area contributed by atoms with E-state index in [9.17, 15) is 0 Å². The van der Waals surface area contributed by atoms with E-state index in [-0.39, 0.29) is 0 Å². The maximum atomic E-state index is 5.76. The smallest absolute Gasteiger partial charge is 0.128 e. The predicted octanol–water partition coefficient (Wildman–Crippen LogP) is 5.60. The van der Waals surface area contributed by atoms with Crippen LogP contribution in [0.2, 0.25) is 0 Å². The van der Waals surface area contributed by atoms with Crippen molar-refractivity contribution in [2.45, 2.75) is 50.6 Å². The fraction of sp³-hybridized carbons (Fsp3) is 0.444. The number of hydrogen-bond acceptors (Lipinski definition) is 5. The first-order valence-electron chi connectivity index (χ1n) is 7.95. The van der Waals surface area contributed by atoms with Crippen LogP contribution in [0.15, 0.2) is 46.7 Å². The van der Waals surface area contributed by atoms with E-state index in [2.05, 4.69) is 49.8 Å². The third kappa shape index (κ3) is 6.16. The van der Waals surface area contributed by atoms with Crippen molar-refractivity contribution in [3.8, 4) is 0 Å². The van der Waals surface area contributed by atoms with E-state index >= 15 is 0 Å². The van der Waals surface area contributed by atoms with Crippen LogP contribution < -0.4 is 0 Å². The highest BCUT2D eigenvalue weighted by molar-refractivity contribution is 8.07. The molecule has 0 saturated heterocycles.